The van der Waals surface area contributed by atoms with Gasteiger partial charge in [0.05, 0.1) is 5.57 Å². The molecule has 2 aromatic heterocycles. The van der Waals surface area contributed by atoms with Crippen LogP contribution in [0.4, 0.5) is 0 Å². The predicted molar refractivity (Wildman–Crippen MR) is 114 cm³/mol. The lowest BCUT2D eigenvalue weighted by Gasteiger charge is -2.01. The van der Waals surface area contributed by atoms with Crippen molar-refractivity contribution in [1.82, 2.24) is 14.5 Å². The van der Waals surface area contributed by atoms with Crippen LogP contribution in [0.1, 0.15) is 36.9 Å². The monoisotopic (exact) mass is 399 g/mol. The molecule has 0 saturated heterocycles. The third-order valence-corrected chi connectivity index (χ3v) is 6.25. The van der Waals surface area contributed by atoms with Crippen LogP contribution in [0.15, 0.2) is 48.0 Å². The van der Waals surface area contributed by atoms with Crippen molar-refractivity contribution < 1.29 is 9.59 Å². The van der Waals surface area contributed by atoms with Crippen LogP contribution in [0.3, 0.4) is 0 Å². The summed E-state index contributed by atoms with van der Waals surface area (Å²) in [6.45, 7) is 3.89. The minimum Gasteiger partial charge on any atom is -0.311 e. The fourth-order valence-electron chi connectivity index (χ4n) is 3.63. The van der Waals surface area contributed by atoms with Gasteiger partial charge in [-0.15, -0.1) is 0 Å². The molecule has 6 heteroatoms. The second-order valence-corrected chi connectivity index (χ2v) is 8.25. The molecule has 0 radical (unpaired) electrons. The van der Waals surface area contributed by atoms with Crippen molar-refractivity contribution >= 4 is 39.5 Å². The van der Waals surface area contributed by atoms with E-state index in [1.54, 1.807) is 18.2 Å². The number of rotatable bonds is 2. The molecule has 0 N–H and O–H groups in total. The van der Waals surface area contributed by atoms with E-state index >= 15 is 0 Å². The third kappa shape index (κ3) is 2.68. The molecule has 0 unspecified atom stereocenters. The molecule has 2 heterocycles. The average molecular weight is 399 g/mol. The summed E-state index contributed by atoms with van der Waals surface area (Å²) in [6, 6.07) is 13.5. The normalized spacial score (nSPS) is 13.4. The summed E-state index contributed by atoms with van der Waals surface area (Å²) in [6.07, 6.45) is 1.60. The molecule has 0 bridgehead atoms. The molecule has 0 atom stereocenters. The van der Waals surface area contributed by atoms with Gasteiger partial charge in [-0.3, -0.25) is 9.59 Å². The molecule has 0 amide bonds. The van der Waals surface area contributed by atoms with E-state index in [9.17, 15) is 9.59 Å². The van der Waals surface area contributed by atoms with Crippen LogP contribution in [0.5, 0.6) is 0 Å². The van der Waals surface area contributed by atoms with Crippen LogP contribution in [-0.4, -0.2) is 26.1 Å². The number of aryl methyl sites for hydroxylation is 3. The van der Waals surface area contributed by atoms with Crippen LogP contribution < -0.4 is 0 Å². The number of benzene rings is 2. The Morgan fingerprint density at radius 3 is 2.14 bits per heavy atom. The maximum atomic E-state index is 12.8. The molecule has 0 fully saturated rings. The molecular formula is C23H17N3O2S. The minimum atomic E-state index is -0.231. The van der Waals surface area contributed by atoms with Gasteiger partial charge in [0.2, 0.25) is 0 Å². The van der Waals surface area contributed by atoms with E-state index in [0.29, 0.717) is 16.1 Å². The van der Waals surface area contributed by atoms with E-state index in [1.807, 2.05) is 55.8 Å². The first-order valence-electron chi connectivity index (χ1n) is 9.25. The number of allylic oxidation sites excluding steroid dienone is 1. The van der Waals surface area contributed by atoms with Gasteiger partial charge in [0.15, 0.2) is 22.0 Å². The van der Waals surface area contributed by atoms with Crippen molar-refractivity contribution in [1.29, 1.82) is 0 Å². The number of Topliss-reactive ketones (excluding diaryl/α,β-unsaturated/α-hetero) is 2. The lowest BCUT2D eigenvalue weighted by atomic mass is 10.0. The topological polar surface area (TPSA) is 64.8 Å². The highest BCUT2D eigenvalue weighted by molar-refractivity contribution is 7.19. The van der Waals surface area contributed by atoms with Gasteiger partial charge in [-0.2, -0.15) is 0 Å². The molecule has 1 aliphatic rings. The molecule has 2 aromatic carbocycles. The fourth-order valence-corrected chi connectivity index (χ4v) is 4.54. The van der Waals surface area contributed by atoms with Crippen molar-refractivity contribution in [3.8, 4) is 11.4 Å². The average Bonchev–Trinajstić information content (AvgIpc) is 3.32. The Kier molecular flexibility index (Phi) is 3.86. The van der Waals surface area contributed by atoms with E-state index in [-0.39, 0.29) is 17.1 Å². The Hall–Kier alpha value is -3.38. The number of thiazole rings is 1. The first-order chi connectivity index (χ1) is 13.9. The van der Waals surface area contributed by atoms with Crippen LogP contribution in [-0.2, 0) is 7.05 Å². The van der Waals surface area contributed by atoms with Crippen molar-refractivity contribution in [2.45, 2.75) is 13.8 Å². The van der Waals surface area contributed by atoms with Crippen molar-refractivity contribution in [2.24, 2.45) is 7.05 Å². The standard InChI is InChI=1S/C23H17N3O2S/c1-12-9-15-16(10-13(12)2)20(28)17(19(15)27)11-18-24-22-23(29-18)25-21(26(22)3)14-7-5-4-6-8-14/h4-11H,1-3H3. The summed E-state index contributed by atoms with van der Waals surface area (Å²) < 4.78 is 1.93. The van der Waals surface area contributed by atoms with Crippen LogP contribution in [0.2, 0.25) is 0 Å². The van der Waals surface area contributed by atoms with Crippen LogP contribution in [0.25, 0.3) is 27.9 Å². The molecule has 0 spiro atoms. The highest BCUT2D eigenvalue weighted by Crippen LogP contribution is 2.33. The number of carbonyl (C=O) groups excluding carboxylic acids is 2. The molecule has 0 aliphatic heterocycles. The number of imidazole rings is 1. The summed E-state index contributed by atoms with van der Waals surface area (Å²) >= 11 is 1.38. The second-order valence-electron chi connectivity index (χ2n) is 7.24. The molecule has 5 rings (SSSR count). The molecule has 4 aromatic rings. The third-order valence-electron chi connectivity index (χ3n) is 5.36. The minimum absolute atomic E-state index is 0.173. The number of hydrogen-bond donors (Lipinski definition) is 0. The summed E-state index contributed by atoms with van der Waals surface area (Å²) in [4.78, 5) is 35.7. The van der Waals surface area contributed by atoms with Crippen LogP contribution in [0, 0.1) is 13.8 Å². The highest BCUT2D eigenvalue weighted by Gasteiger charge is 2.34. The predicted octanol–water partition coefficient (Wildman–Crippen LogP) is 4.78. The molecule has 142 valence electrons. The van der Waals surface area contributed by atoms with Crippen LogP contribution >= 0.6 is 11.3 Å². The van der Waals surface area contributed by atoms with Gasteiger partial charge in [-0.05, 0) is 43.2 Å². The maximum absolute atomic E-state index is 12.8. The maximum Gasteiger partial charge on any atom is 0.197 e. The highest BCUT2D eigenvalue weighted by atomic mass is 32.1. The number of fused-ring (bicyclic) bond motifs is 2. The molecule has 5 nitrogen and oxygen atoms in total. The van der Waals surface area contributed by atoms with Crippen molar-refractivity contribution in [3.63, 3.8) is 0 Å². The number of nitrogens with zero attached hydrogens (tertiary/aromatic N) is 3. The van der Waals surface area contributed by atoms with Crippen molar-refractivity contribution in [3.05, 3.63) is 75.3 Å². The van der Waals surface area contributed by atoms with Gasteiger partial charge in [0, 0.05) is 23.7 Å². The fraction of sp³-hybridized carbons (Fsp3) is 0.130. The zero-order chi connectivity index (χ0) is 20.3. The van der Waals surface area contributed by atoms with Crippen molar-refractivity contribution in [2.75, 3.05) is 0 Å². The molecule has 29 heavy (non-hydrogen) atoms. The first-order valence-corrected chi connectivity index (χ1v) is 10.1. The summed E-state index contributed by atoms with van der Waals surface area (Å²) in [5.41, 5.74) is 4.90. The Morgan fingerprint density at radius 2 is 1.55 bits per heavy atom. The van der Waals surface area contributed by atoms with Gasteiger partial charge in [0.1, 0.15) is 10.8 Å². The Morgan fingerprint density at radius 1 is 0.931 bits per heavy atom. The molecule has 0 saturated carbocycles. The number of aromatic nitrogens is 3. The van der Waals surface area contributed by atoms with Gasteiger partial charge < -0.3 is 4.57 Å². The van der Waals surface area contributed by atoms with E-state index in [4.69, 9.17) is 4.98 Å². The molecule has 1 aliphatic carbocycles. The SMILES string of the molecule is Cc1cc2c(cc1C)C(=O)C(=Cc1nc3c(nc(-c4ccccc4)n3C)s1)C2=O. The van der Waals surface area contributed by atoms with Gasteiger partial charge in [-0.25, -0.2) is 9.97 Å². The van der Waals surface area contributed by atoms with E-state index in [1.165, 1.54) is 11.3 Å². The smallest absolute Gasteiger partial charge is 0.197 e. The lowest BCUT2D eigenvalue weighted by molar-refractivity contribution is 0.0990. The largest absolute Gasteiger partial charge is 0.311 e. The lowest BCUT2D eigenvalue weighted by Crippen LogP contribution is -2.00. The zero-order valence-electron chi connectivity index (χ0n) is 16.2. The number of hydrogen-bond acceptors (Lipinski definition) is 5. The van der Waals surface area contributed by atoms with Gasteiger partial charge in [-0.1, -0.05) is 41.7 Å². The molecular weight excluding hydrogens is 382 g/mol. The second kappa shape index (κ2) is 6.32. The van der Waals surface area contributed by atoms with Gasteiger partial charge >= 0.3 is 0 Å². The Labute approximate surface area is 171 Å². The van der Waals surface area contributed by atoms with E-state index in [2.05, 4.69) is 4.98 Å². The first kappa shape index (κ1) is 17.7. The number of carbonyl (C=O) groups is 2. The summed E-state index contributed by atoms with van der Waals surface area (Å²) in [7, 11) is 1.92. The quantitative estimate of drug-likeness (QED) is 0.360. The van der Waals surface area contributed by atoms with E-state index < -0.39 is 0 Å². The Bertz CT molecular complexity index is 1320. The zero-order valence-corrected chi connectivity index (χ0v) is 17.0. The Balaban J connectivity index is 1.56. The van der Waals surface area contributed by atoms with Gasteiger partial charge in [0.25, 0.3) is 0 Å². The number of ketones is 2. The summed E-state index contributed by atoms with van der Waals surface area (Å²) in [5.74, 6) is 0.375. The summed E-state index contributed by atoms with van der Waals surface area (Å²) in [5, 5.41) is 0.607. The van der Waals surface area contributed by atoms with E-state index in [0.717, 1.165) is 33.0 Å².